The minimum absolute atomic E-state index is 0.0634. The number of halogens is 2. The molecule has 1 heterocycles. The summed E-state index contributed by atoms with van der Waals surface area (Å²) in [6.45, 7) is 1.60. The first-order valence-corrected chi connectivity index (χ1v) is 11.1. The van der Waals surface area contributed by atoms with Crippen molar-refractivity contribution in [1.82, 2.24) is 9.78 Å². The average molecular weight is 496 g/mol. The summed E-state index contributed by atoms with van der Waals surface area (Å²) in [6, 6.07) is 20.5. The number of fused-ring (bicyclic) bond motifs is 1. The number of hydrogen-bond acceptors (Lipinski definition) is 5. The van der Waals surface area contributed by atoms with Crippen LogP contribution in [0.1, 0.15) is 23.0 Å². The topological polar surface area (TPSA) is 90.3 Å². The first-order chi connectivity index (χ1) is 16.3. The van der Waals surface area contributed by atoms with Crippen molar-refractivity contribution in [2.45, 2.75) is 19.6 Å². The van der Waals surface area contributed by atoms with Crippen molar-refractivity contribution in [3.63, 3.8) is 0 Å². The zero-order chi connectivity index (χ0) is 24.2. The van der Waals surface area contributed by atoms with Crippen LogP contribution < -0.4 is 10.9 Å². The van der Waals surface area contributed by atoms with Gasteiger partial charge in [-0.25, -0.2) is 9.48 Å². The Hall–Kier alpha value is -3.68. The maximum Gasteiger partial charge on any atom is 0.360 e. The van der Waals surface area contributed by atoms with Crippen molar-refractivity contribution in [2.75, 3.05) is 5.32 Å². The van der Waals surface area contributed by atoms with Gasteiger partial charge in [0.15, 0.2) is 11.8 Å². The van der Waals surface area contributed by atoms with Crippen molar-refractivity contribution in [3.8, 4) is 0 Å². The van der Waals surface area contributed by atoms with Crippen molar-refractivity contribution >= 4 is 51.5 Å². The molecular formula is C25H19Cl2N3O4. The van der Waals surface area contributed by atoms with Gasteiger partial charge in [-0.2, -0.15) is 5.10 Å². The fourth-order valence-corrected chi connectivity index (χ4v) is 3.68. The molecular weight excluding hydrogens is 477 g/mol. The summed E-state index contributed by atoms with van der Waals surface area (Å²) in [5.74, 6) is -1.43. The molecule has 0 aliphatic rings. The minimum Gasteiger partial charge on any atom is -0.448 e. The summed E-state index contributed by atoms with van der Waals surface area (Å²) in [7, 11) is 0. The van der Waals surface area contributed by atoms with Crippen LogP contribution in [0, 0.1) is 0 Å². The van der Waals surface area contributed by atoms with E-state index in [1.165, 1.54) is 17.7 Å². The van der Waals surface area contributed by atoms with E-state index in [1.807, 2.05) is 30.3 Å². The Balaban J connectivity index is 1.61. The van der Waals surface area contributed by atoms with Crippen LogP contribution in [0.25, 0.3) is 10.8 Å². The lowest BCUT2D eigenvalue weighted by Gasteiger charge is -2.15. The number of aromatic nitrogens is 2. The van der Waals surface area contributed by atoms with E-state index in [9.17, 15) is 14.4 Å². The highest BCUT2D eigenvalue weighted by Crippen LogP contribution is 2.25. The van der Waals surface area contributed by atoms with E-state index in [-0.39, 0.29) is 22.8 Å². The molecule has 7 nitrogen and oxygen atoms in total. The molecule has 0 saturated heterocycles. The fraction of sp³-hybridized carbons (Fsp3) is 0.120. The standard InChI is InChI=1S/C25H19Cl2N3O4/c1-15(23(31)28-21-13-17(26)11-12-20(21)27)34-25(33)22-18-9-5-6-10-19(18)24(32)30(29-22)14-16-7-3-2-4-8-16/h2-13,15H,14H2,1H3,(H,28,31). The molecule has 0 spiro atoms. The SMILES string of the molecule is CC(OC(=O)c1nn(Cc2ccccc2)c(=O)c2ccccc12)C(=O)Nc1cc(Cl)ccc1Cl. The third-order valence-electron chi connectivity index (χ3n) is 5.08. The van der Waals surface area contributed by atoms with Gasteiger partial charge >= 0.3 is 5.97 Å². The molecule has 34 heavy (non-hydrogen) atoms. The van der Waals surface area contributed by atoms with Crippen LogP contribution in [-0.2, 0) is 16.1 Å². The number of hydrogen-bond donors (Lipinski definition) is 1. The summed E-state index contributed by atoms with van der Waals surface area (Å²) in [5, 5.41) is 8.21. The Morgan fingerprint density at radius 1 is 1.00 bits per heavy atom. The number of ether oxygens (including phenoxy) is 1. The van der Waals surface area contributed by atoms with Crippen LogP contribution in [0.15, 0.2) is 77.6 Å². The number of anilines is 1. The predicted molar refractivity (Wildman–Crippen MR) is 132 cm³/mol. The Morgan fingerprint density at radius 2 is 1.68 bits per heavy atom. The number of carbonyl (C=O) groups excluding carboxylic acids is 2. The van der Waals surface area contributed by atoms with Crippen LogP contribution in [0.4, 0.5) is 5.69 Å². The molecule has 1 aromatic heterocycles. The van der Waals surface area contributed by atoms with E-state index in [1.54, 1.807) is 36.4 Å². The lowest BCUT2D eigenvalue weighted by atomic mass is 10.1. The lowest BCUT2D eigenvalue weighted by Crippen LogP contribution is -2.32. The molecule has 0 aliphatic heterocycles. The van der Waals surface area contributed by atoms with Gasteiger partial charge in [-0.15, -0.1) is 0 Å². The van der Waals surface area contributed by atoms with Gasteiger partial charge < -0.3 is 10.1 Å². The molecule has 4 rings (SSSR count). The molecule has 3 aromatic carbocycles. The zero-order valence-electron chi connectivity index (χ0n) is 18.0. The van der Waals surface area contributed by atoms with E-state index in [4.69, 9.17) is 27.9 Å². The number of benzene rings is 3. The highest BCUT2D eigenvalue weighted by atomic mass is 35.5. The van der Waals surface area contributed by atoms with Crippen molar-refractivity contribution in [2.24, 2.45) is 0 Å². The molecule has 0 radical (unpaired) electrons. The number of carbonyl (C=O) groups is 2. The Labute approximate surface area is 204 Å². The molecule has 0 fully saturated rings. The highest BCUT2D eigenvalue weighted by Gasteiger charge is 2.24. The third kappa shape index (κ3) is 5.11. The van der Waals surface area contributed by atoms with E-state index < -0.39 is 18.0 Å². The van der Waals surface area contributed by atoms with E-state index >= 15 is 0 Å². The maximum atomic E-state index is 13.0. The molecule has 1 N–H and O–H groups in total. The maximum absolute atomic E-state index is 13.0. The van der Waals surface area contributed by atoms with Gasteiger partial charge in [-0.3, -0.25) is 9.59 Å². The second kappa shape index (κ2) is 10.1. The summed E-state index contributed by atoms with van der Waals surface area (Å²) >= 11 is 12.0. The number of nitrogens with one attached hydrogen (secondary N) is 1. The van der Waals surface area contributed by atoms with Crippen molar-refractivity contribution in [1.29, 1.82) is 0 Å². The molecule has 0 saturated carbocycles. The van der Waals surface area contributed by atoms with E-state index in [2.05, 4.69) is 10.4 Å². The lowest BCUT2D eigenvalue weighted by molar-refractivity contribution is -0.123. The molecule has 172 valence electrons. The minimum atomic E-state index is -1.17. The van der Waals surface area contributed by atoms with Gasteiger partial charge in [0, 0.05) is 10.4 Å². The second-order valence-corrected chi connectivity index (χ2v) is 8.35. The van der Waals surface area contributed by atoms with Gasteiger partial charge in [0.25, 0.3) is 11.5 Å². The molecule has 1 amide bonds. The number of nitrogens with zero attached hydrogens (tertiary/aromatic N) is 2. The Kier molecular flexibility index (Phi) is 6.95. The highest BCUT2D eigenvalue weighted by molar-refractivity contribution is 6.35. The summed E-state index contributed by atoms with van der Waals surface area (Å²) in [5.41, 5.74) is 0.740. The van der Waals surface area contributed by atoms with Crippen molar-refractivity contribution < 1.29 is 14.3 Å². The number of rotatable bonds is 6. The number of amides is 1. The second-order valence-electron chi connectivity index (χ2n) is 7.50. The summed E-state index contributed by atoms with van der Waals surface area (Å²) in [6.07, 6.45) is -1.17. The molecule has 0 bridgehead atoms. The van der Waals surface area contributed by atoms with Gasteiger partial charge in [0.1, 0.15) is 0 Å². The van der Waals surface area contributed by atoms with Crippen LogP contribution in [0.3, 0.4) is 0 Å². The summed E-state index contributed by atoms with van der Waals surface area (Å²) < 4.78 is 6.60. The normalized spacial score (nSPS) is 11.7. The quantitative estimate of drug-likeness (QED) is 0.382. The Bertz CT molecular complexity index is 1440. The van der Waals surface area contributed by atoms with Gasteiger partial charge in [0.2, 0.25) is 0 Å². The summed E-state index contributed by atoms with van der Waals surface area (Å²) in [4.78, 5) is 38.6. The van der Waals surface area contributed by atoms with Gasteiger partial charge in [-0.1, -0.05) is 71.7 Å². The first-order valence-electron chi connectivity index (χ1n) is 10.3. The monoisotopic (exact) mass is 495 g/mol. The predicted octanol–water partition coefficient (Wildman–Crippen LogP) is 4.94. The van der Waals surface area contributed by atoms with E-state index in [0.717, 1.165) is 5.56 Å². The first kappa shape index (κ1) is 23.5. The van der Waals surface area contributed by atoms with Crippen LogP contribution in [0.2, 0.25) is 10.0 Å². The molecule has 0 aliphatic carbocycles. The van der Waals surface area contributed by atoms with Gasteiger partial charge in [-0.05, 0) is 36.8 Å². The molecule has 1 atom stereocenters. The molecule has 9 heteroatoms. The third-order valence-corrected chi connectivity index (χ3v) is 5.64. The average Bonchev–Trinajstić information content (AvgIpc) is 2.83. The van der Waals surface area contributed by atoms with E-state index in [0.29, 0.717) is 21.5 Å². The van der Waals surface area contributed by atoms with Crippen LogP contribution >= 0.6 is 23.2 Å². The molecule has 4 aromatic rings. The number of esters is 1. The van der Waals surface area contributed by atoms with Crippen LogP contribution in [0.5, 0.6) is 0 Å². The largest absolute Gasteiger partial charge is 0.448 e. The molecule has 1 unspecified atom stereocenters. The van der Waals surface area contributed by atoms with Crippen LogP contribution in [-0.4, -0.2) is 27.8 Å². The zero-order valence-corrected chi connectivity index (χ0v) is 19.5. The smallest absolute Gasteiger partial charge is 0.360 e. The van der Waals surface area contributed by atoms with Crippen molar-refractivity contribution in [3.05, 3.63) is 104 Å². The fourth-order valence-electron chi connectivity index (χ4n) is 3.35. The Morgan fingerprint density at radius 3 is 2.41 bits per heavy atom. The van der Waals surface area contributed by atoms with Gasteiger partial charge in [0.05, 0.1) is 22.6 Å².